The van der Waals surface area contributed by atoms with Gasteiger partial charge in [-0.05, 0) is 55.3 Å². The van der Waals surface area contributed by atoms with E-state index in [9.17, 15) is 9.59 Å². The first-order valence-electron chi connectivity index (χ1n) is 8.45. The number of carbonyl (C=O) groups is 2. The normalized spacial score (nSPS) is 10.2. The zero-order chi connectivity index (χ0) is 19.6. The molecule has 0 spiro atoms. The fraction of sp³-hybridized carbons (Fsp3) is 0.300. The van der Waals surface area contributed by atoms with Crippen molar-refractivity contribution < 1.29 is 23.8 Å². The largest absolute Gasteiger partial charge is 0.492 e. The van der Waals surface area contributed by atoms with Crippen LogP contribution >= 0.6 is 11.6 Å². The quantitative estimate of drug-likeness (QED) is 0.525. The Kier molecular flexibility index (Phi) is 7.95. The molecule has 2 aromatic rings. The van der Waals surface area contributed by atoms with Crippen molar-refractivity contribution in [3.8, 4) is 11.5 Å². The maximum Gasteiger partial charge on any atom is 0.344 e. The number of ether oxygens (including phenoxy) is 3. The maximum atomic E-state index is 11.7. The Balaban J connectivity index is 1.59. The van der Waals surface area contributed by atoms with Gasteiger partial charge in [-0.3, -0.25) is 4.79 Å². The number of halogens is 1. The van der Waals surface area contributed by atoms with Gasteiger partial charge in [0.25, 0.3) is 5.91 Å². The molecule has 0 atom stereocenters. The van der Waals surface area contributed by atoms with E-state index in [2.05, 4.69) is 5.32 Å². The number of aryl methyl sites for hydroxylation is 2. The fourth-order valence-electron chi connectivity index (χ4n) is 2.21. The van der Waals surface area contributed by atoms with Crippen LogP contribution in [0.3, 0.4) is 0 Å². The molecule has 0 fully saturated rings. The summed E-state index contributed by atoms with van der Waals surface area (Å²) < 4.78 is 15.8. The Bertz CT molecular complexity index is 794. The van der Waals surface area contributed by atoms with Crippen molar-refractivity contribution in [3.05, 3.63) is 58.6 Å². The highest BCUT2D eigenvalue weighted by Gasteiger charge is 2.09. The Morgan fingerprint density at radius 3 is 2.59 bits per heavy atom. The molecule has 0 heterocycles. The van der Waals surface area contributed by atoms with E-state index in [1.54, 1.807) is 18.2 Å². The third-order valence-corrected chi connectivity index (χ3v) is 3.76. The first-order chi connectivity index (χ1) is 12.9. The topological polar surface area (TPSA) is 73.9 Å². The first kappa shape index (κ1) is 20.6. The molecular formula is C20H22ClNO5. The maximum absolute atomic E-state index is 11.7. The summed E-state index contributed by atoms with van der Waals surface area (Å²) in [4.78, 5) is 23.3. The molecule has 7 heteroatoms. The van der Waals surface area contributed by atoms with Gasteiger partial charge in [-0.1, -0.05) is 23.7 Å². The molecule has 6 nitrogen and oxygen atoms in total. The molecule has 1 N–H and O–H groups in total. The first-order valence-corrected chi connectivity index (χ1v) is 8.82. The molecule has 2 rings (SSSR count). The molecule has 0 saturated carbocycles. The van der Waals surface area contributed by atoms with Crippen LogP contribution in [0.15, 0.2) is 42.5 Å². The molecule has 2 aromatic carbocycles. The van der Waals surface area contributed by atoms with Crippen molar-refractivity contribution >= 4 is 23.5 Å². The van der Waals surface area contributed by atoms with E-state index in [-0.39, 0.29) is 13.2 Å². The van der Waals surface area contributed by atoms with Crippen LogP contribution < -0.4 is 14.8 Å². The van der Waals surface area contributed by atoms with Crippen LogP contribution in [0.25, 0.3) is 0 Å². The zero-order valence-electron chi connectivity index (χ0n) is 15.3. The molecule has 0 aliphatic heterocycles. The standard InChI is InChI=1S/C20H22ClNO5/c1-14-4-3-5-17(10-14)25-9-8-22-19(23)12-27-20(24)13-26-18-7-6-16(21)11-15(18)2/h3-7,10-11H,8-9,12-13H2,1-2H3,(H,22,23). The Hall–Kier alpha value is -2.73. The zero-order valence-corrected chi connectivity index (χ0v) is 16.0. The number of nitrogens with one attached hydrogen (secondary N) is 1. The molecule has 0 unspecified atom stereocenters. The van der Waals surface area contributed by atoms with Gasteiger partial charge in [-0.25, -0.2) is 4.79 Å². The van der Waals surface area contributed by atoms with Crippen molar-refractivity contribution in [1.82, 2.24) is 5.32 Å². The second kappa shape index (κ2) is 10.4. The summed E-state index contributed by atoms with van der Waals surface area (Å²) in [7, 11) is 0. The van der Waals surface area contributed by atoms with Crippen molar-refractivity contribution in [2.24, 2.45) is 0 Å². The van der Waals surface area contributed by atoms with E-state index in [0.29, 0.717) is 23.9 Å². The number of benzene rings is 2. The van der Waals surface area contributed by atoms with Gasteiger partial charge in [0.15, 0.2) is 13.2 Å². The number of hydrogen-bond donors (Lipinski definition) is 1. The molecule has 0 saturated heterocycles. The Morgan fingerprint density at radius 1 is 1.04 bits per heavy atom. The lowest BCUT2D eigenvalue weighted by Crippen LogP contribution is -2.32. The summed E-state index contributed by atoms with van der Waals surface area (Å²) in [6, 6.07) is 12.7. The third-order valence-electron chi connectivity index (χ3n) is 3.53. The Morgan fingerprint density at radius 2 is 1.85 bits per heavy atom. The molecule has 144 valence electrons. The van der Waals surface area contributed by atoms with E-state index in [1.807, 2.05) is 38.1 Å². The highest BCUT2D eigenvalue weighted by Crippen LogP contribution is 2.21. The highest BCUT2D eigenvalue weighted by atomic mass is 35.5. The van der Waals surface area contributed by atoms with Crippen LogP contribution in [0, 0.1) is 13.8 Å². The van der Waals surface area contributed by atoms with Gasteiger partial charge in [0.2, 0.25) is 0 Å². The van der Waals surface area contributed by atoms with Crippen LogP contribution in [0.1, 0.15) is 11.1 Å². The second-order valence-electron chi connectivity index (χ2n) is 5.87. The summed E-state index contributed by atoms with van der Waals surface area (Å²) in [5.74, 6) is 0.244. The van der Waals surface area contributed by atoms with Crippen LogP contribution in [0.2, 0.25) is 5.02 Å². The van der Waals surface area contributed by atoms with Crippen LogP contribution in [0.4, 0.5) is 0 Å². The molecule has 1 amide bonds. The smallest absolute Gasteiger partial charge is 0.344 e. The number of hydrogen-bond acceptors (Lipinski definition) is 5. The number of esters is 1. The second-order valence-corrected chi connectivity index (χ2v) is 6.31. The van der Waals surface area contributed by atoms with Gasteiger partial charge >= 0.3 is 5.97 Å². The van der Waals surface area contributed by atoms with Crippen molar-refractivity contribution in [2.45, 2.75) is 13.8 Å². The number of carbonyl (C=O) groups excluding carboxylic acids is 2. The van der Waals surface area contributed by atoms with E-state index in [4.69, 9.17) is 25.8 Å². The average Bonchev–Trinajstić information content (AvgIpc) is 2.63. The minimum absolute atomic E-state index is 0.285. The molecule has 0 aliphatic carbocycles. The summed E-state index contributed by atoms with van der Waals surface area (Å²) in [5.41, 5.74) is 1.90. The summed E-state index contributed by atoms with van der Waals surface area (Å²) in [5, 5.41) is 3.20. The fourth-order valence-corrected chi connectivity index (χ4v) is 2.44. The van der Waals surface area contributed by atoms with E-state index < -0.39 is 11.9 Å². The third kappa shape index (κ3) is 7.58. The van der Waals surface area contributed by atoms with Gasteiger partial charge in [-0.15, -0.1) is 0 Å². The predicted molar refractivity (Wildman–Crippen MR) is 102 cm³/mol. The van der Waals surface area contributed by atoms with Crippen LogP contribution in [0.5, 0.6) is 11.5 Å². The monoisotopic (exact) mass is 391 g/mol. The van der Waals surface area contributed by atoms with Gasteiger partial charge in [0, 0.05) is 5.02 Å². The summed E-state index contributed by atoms with van der Waals surface area (Å²) >= 11 is 5.86. The van der Waals surface area contributed by atoms with Crippen molar-refractivity contribution in [1.29, 1.82) is 0 Å². The minimum atomic E-state index is -0.629. The lowest BCUT2D eigenvalue weighted by molar-refractivity contribution is -0.150. The van der Waals surface area contributed by atoms with E-state index in [0.717, 1.165) is 16.9 Å². The molecular weight excluding hydrogens is 370 g/mol. The molecule has 0 aromatic heterocycles. The molecule has 0 radical (unpaired) electrons. The SMILES string of the molecule is Cc1cccc(OCCNC(=O)COC(=O)COc2ccc(Cl)cc2C)c1. The van der Waals surface area contributed by atoms with Crippen LogP contribution in [-0.4, -0.2) is 38.2 Å². The lowest BCUT2D eigenvalue weighted by Gasteiger charge is -2.10. The van der Waals surface area contributed by atoms with E-state index >= 15 is 0 Å². The molecule has 0 aliphatic rings. The van der Waals surface area contributed by atoms with Gasteiger partial charge < -0.3 is 19.5 Å². The van der Waals surface area contributed by atoms with Gasteiger partial charge in [0.1, 0.15) is 18.1 Å². The lowest BCUT2D eigenvalue weighted by atomic mass is 10.2. The number of rotatable bonds is 9. The van der Waals surface area contributed by atoms with Crippen molar-refractivity contribution in [3.63, 3.8) is 0 Å². The minimum Gasteiger partial charge on any atom is -0.492 e. The van der Waals surface area contributed by atoms with Crippen molar-refractivity contribution in [2.75, 3.05) is 26.4 Å². The molecule has 27 heavy (non-hydrogen) atoms. The summed E-state index contributed by atoms with van der Waals surface area (Å²) in [6.07, 6.45) is 0. The van der Waals surface area contributed by atoms with E-state index in [1.165, 1.54) is 0 Å². The Labute approximate surface area is 163 Å². The molecule has 0 bridgehead atoms. The van der Waals surface area contributed by atoms with Gasteiger partial charge in [0.05, 0.1) is 6.54 Å². The highest BCUT2D eigenvalue weighted by molar-refractivity contribution is 6.30. The van der Waals surface area contributed by atoms with Gasteiger partial charge in [-0.2, -0.15) is 0 Å². The summed E-state index contributed by atoms with van der Waals surface area (Å²) in [6.45, 7) is 3.77. The number of amides is 1. The predicted octanol–water partition coefficient (Wildman–Crippen LogP) is 3.07. The van der Waals surface area contributed by atoms with Crippen LogP contribution in [-0.2, 0) is 14.3 Å². The average molecular weight is 392 g/mol.